The highest BCUT2D eigenvalue weighted by molar-refractivity contribution is 5.76. The molecule has 1 amide bonds. The summed E-state index contributed by atoms with van der Waals surface area (Å²) in [7, 11) is 0. The zero-order chi connectivity index (χ0) is 23.5. The molecule has 1 saturated heterocycles. The van der Waals surface area contributed by atoms with Crippen molar-refractivity contribution in [2.24, 2.45) is 0 Å². The average molecular weight is 463 g/mol. The van der Waals surface area contributed by atoms with Gasteiger partial charge in [-0.05, 0) is 74.9 Å². The molecule has 178 valence electrons. The van der Waals surface area contributed by atoms with Crippen LogP contribution in [0.2, 0.25) is 0 Å². The molecule has 0 aliphatic carbocycles. The number of benzene rings is 1. The van der Waals surface area contributed by atoms with E-state index in [-0.39, 0.29) is 12.7 Å². The summed E-state index contributed by atoms with van der Waals surface area (Å²) < 4.78 is 12.5. The van der Waals surface area contributed by atoms with Crippen LogP contribution in [-0.2, 0) is 17.8 Å². The van der Waals surface area contributed by atoms with Gasteiger partial charge in [-0.3, -0.25) is 4.79 Å². The molecule has 2 aliphatic heterocycles. The summed E-state index contributed by atoms with van der Waals surface area (Å²) in [5.41, 5.74) is 3.94. The Bertz CT molecular complexity index is 1170. The first-order chi connectivity index (χ1) is 16.6. The van der Waals surface area contributed by atoms with E-state index in [0.29, 0.717) is 25.2 Å². The lowest BCUT2D eigenvalue weighted by Crippen LogP contribution is -2.30. The molecule has 9 nitrogen and oxygen atoms in total. The van der Waals surface area contributed by atoms with Gasteiger partial charge in [-0.25, -0.2) is 4.68 Å². The van der Waals surface area contributed by atoms with E-state index in [1.54, 1.807) is 0 Å². The molecule has 0 bridgehead atoms. The molecule has 34 heavy (non-hydrogen) atoms. The number of carbonyl (C=O) groups excluding carboxylic acids is 1. The summed E-state index contributed by atoms with van der Waals surface area (Å²) in [6.45, 7) is 6.75. The number of nitrogens with zero attached hydrogens (tertiary/aromatic N) is 5. The summed E-state index contributed by atoms with van der Waals surface area (Å²) in [5.74, 6) is 3.07. The second-order valence-corrected chi connectivity index (χ2v) is 8.82. The van der Waals surface area contributed by atoms with E-state index in [0.717, 1.165) is 52.9 Å². The van der Waals surface area contributed by atoms with Crippen LogP contribution in [0.25, 0.3) is 5.82 Å². The Hall–Kier alpha value is -3.62. The first-order valence-electron chi connectivity index (χ1n) is 11.9. The van der Waals surface area contributed by atoms with Crippen LogP contribution in [0.1, 0.15) is 48.2 Å². The van der Waals surface area contributed by atoms with Crippen molar-refractivity contribution >= 4 is 11.7 Å². The lowest BCUT2D eigenvalue weighted by molar-refractivity contribution is -0.121. The van der Waals surface area contributed by atoms with Crippen molar-refractivity contribution in [2.75, 3.05) is 24.8 Å². The van der Waals surface area contributed by atoms with E-state index in [1.165, 1.54) is 19.3 Å². The van der Waals surface area contributed by atoms with Gasteiger partial charge in [0.05, 0.1) is 5.69 Å². The van der Waals surface area contributed by atoms with Crippen LogP contribution in [0.5, 0.6) is 11.5 Å². The highest BCUT2D eigenvalue weighted by Gasteiger charge is 2.17. The van der Waals surface area contributed by atoms with E-state index in [9.17, 15) is 4.79 Å². The van der Waals surface area contributed by atoms with Gasteiger partial charge in [0.25, 0.3) is 0 Å². The molecular weight excluding hydrogens is 432 g/mol. The molecular formula is C25H30N6O3. The molecule has 0 atom stereocenters. The van der Waals surface area contributed by atoms with Gasteiger partial charge in [0.15, 0.2) is 23.1 Å². The fourth-order valence-corrected chi connectivity index (χ4v) is 4.56. The summed E-state index contributed by atoms with van der Waals surface area (Å²) in [5, 5.41) is 16.5. The number of nitrogens with one attached hydrogen (secondary N) is 1. The minimum absolute atomic E-state index is 0.00473. The predicted octanol–water partition coefficient (Wildman–Crippen LogP) is 3.25. The van der Waals surface area contributed by atoms with E-state index >= 15 is 0 Å². The van der Waals surface area contributed by atoms with E-state index in [1.807, 2.05) is 48.9 Å². The molecule has 1 aromatic carbocycles. The number of anilines is 1. The van der Waals surface area contributed by atoms with Crippen LogP contribution < -0.4 is 19.7 Å². The lowest BCUT2D eigenvalue weighted by Gasteiger charge is -2.27. The number of fused-ring (bicyclic) bond motifs is 1. The SMILES string of the molecule is Cc1nn(-c2ccc(N3CCCCC3)nn2)c(C)c1CCC(=O)NCc1ccc2c(c1)OCO2. The summed E-state index contributed by atoms with van der Waals surface area (Å²) in [6.07, 6.45) is 4.69. The molecule has 0 spiro atoms. The van der Waals surface area contributed by atoms with Crippen molar-refractivity contribution in [2.45, 2.75) is 52.5 Å². The predicted molar refractivity (Wildman–Crippen MR) is 127 cm³/mol. The van der Waals surface area contributed by atoms with Gasteiger partial charge >= 0.3 is 0 Å². The monoisotopic (exact) mass is 462 g/mol. The Kier molecular flexibility index (Phi) is 6.33. The zero-order valence-electron chi connectivity index (χ0n) is 19.7. The van der Waals surface area contributed by atoms with Crippen LogP contribution in [0.4, 0.5) is 5.82 Å². The minimum atomic E-state index is -0.00473. The van der Waals surface area contributed by atoms with E-state index < -0.39 is 0 Å². The first-order valence-corrected chi connectivity index (χ1v) is 11.9. The van der Waals surface area contributed by atoms with Crippen LogP contribution in [-0.4, -0.2) is 45.8 Å². The van der Waals surface area contributed by atoms with Crippen LogP contribution in [0.3, 0.4) is 0 Å². The van der Waals surface area contributed by atoms with Crippen LogP contribution in [0.15, 0.2) is 30.3 Å². The summed E-state index contributed by atoms with van der Waals surface area (Å²) in [6, 6.07) is 9.70. The highest BCUT2D eigenvalue weighted by atomic mass is 16.7. The lowest BCUT2D eigenvalue weighted by atomic mass is 10.1. The van der Waals surface area contributed by atoms with E-state index in [2.05, 4.69) is 25.5 Å². The average Bonchev–Trinajstić information content (AvgIpc) is 3.45. The third-order valence-corrected chi connectivity index (χ3v) is 6.50. The fraction of sp³-hybridized carbons (Fsp3) is 0.440. The number of amides is 1. The van der Waals surface area contributed by atoms with Gasteiger partial charge < -0.3 is 19.7 Å². The smallest absolute Gasteiger partial charge is 0.231 e. The van der Waals surface area contributed by atoms with Crippen molar-refractivity contribution < 1.29 is 14.3 Å². The Labute approximate surface area is 199 Å². The first kappa shape index (κ1) is 22.2. The Balaban J connectivity index is 1.19. The largest absolute Gasteiger partial charge is 0.454 e. The summed E-state index contributed by atoms with van der Waals surface area (Å²) >= 11 is 0. The minimum Gasteiger partial charge on any atom is -0.454 e. The van der Waals surface area contributed by atoms with Crippen molar-refractivity contribution in [3.8, 4) is 17.3 Å². The molecule has 1 N–H and O–H groups in total. The molecule has 0 saturated carbocycles. The van der Waals surface area contributed by atoms with Gasteiger partial charge in [0.1, 0.15) is 0 Å². The number of hydrogen-bond acceptors (Lipinski definition) is 7. The van der Waals surface area contributed by atoms with Crippen molar-refractivity contribution in [1.29, 1.82) is 0 Å². The third kappa shape index (κ3) is 4.69. The molecule has 5 rings (SSSR count). The number of carbonyl (C=O) groups is 1. The zero-order valence-corrected chi connectivity index (χ0v) is 19.7. The molecule has 2 aliphatic rings. The van der Waals surface area contributed by atoms with Gasteiger partial charge in [0, 0.05) is 31.7 Å². The second kappa shape index (κ2) is 9.70. The number of rotatable bonds is 7. The van der Waals surface area contributed by atoms with Gasteiger partial charge in [0.2, 0.25) is 12.7 Å². The fourth-order valence-electron chi connectivity index (χ4n) is 4.56. The van der Waals surface area contributed by atoms with Gasteiger partial charge in [-0.2, -0.15) is 5.10 Å². The highest BCUT2D eigenvalue weighted by Crippen LogP contribution is 2.32. The van der Waals surface area contributed by atoms with Gasteiger partial charge in [-0.1, -0.05) is 6.07 Å². The molecule has 1 fully saturated rings. The number of hydrogen-bond donors (Lipinski definition) is 1. The van der Waals surface area contributed by atoms with Crippen LogP contribution in [0, 0.1) is 13.8 Å². The van der Waals surface area contributed by atoms with Crippen molar-refractivity contribution in [3.05, 3.63) is 52.8 Å². The second-order valence-electron chi connectivity index (χ2n) is 8.82. The number of aromatic nitrogens is 4. The van der Waals surface area contributed by atoms with Crippen LogP contribution >= 0.6 is 0 Å². The maximum atomic E-state index is 12.5. The van der Waals surface area contributed by atoms with Crippen molar-refractivity contribution in [1.82, 2.24) is 25.3 Å². The molecule has 2 aromatic heterocycles. The maximum absolute atomic E-state index is 12.5. The van der Waals surface area contributed by atoms with Gasteiger partial charge in [-0.15, -0.1) is 10.2 Å². The number of ether oxygens (including phenoxy) is 2. The standard InChI is InChI=1S/C25H30N6O3/c1-17-20(7-11-25(32)26-15-19-6-8-21-22(14-19)34-16-33-21)18(2)31(29-17)24-10-9-23(27-28-24)30-12-4-3-5-13-30/h6,8-10,14H,3-5,7,11-13,15-16H2,1-2H3,(H,26,32). The molecule has 3 aromatic rings. The Morgan fingerprint density at radius 2 is 1.76 bits per heavy atom. The molecule has 0 radical (unpaired) electrons. The molecule has 4 heterocycles. The van der Waals surface area contributed by atoms with E-state index in [4.69, 9.17) is 9.47 Å². The topological polar surface area (TPSA) is 94.4 Å². The third-order valence-electron chi connectivity index (χ3n) is 6.50. The Morgan fingerprint density at radius 1 is 1.00 bits per heavy atom. The number of piperidine rings is 1. The number of aryl methyl sites for hydroxylation is 1. The Morgan fingerprint density at radius 3 is 2.56 bits per heavy atom. The quantitative estimate of drug-likeness (QED) is 0.576. The molecule has 9 heteroatoms. The van der Waals surface area contributed by atoms with Crippen molar-refractivity contribution in [3.63, 3.8) is 0 Å². The molecule has 0 unspecified atom stereocenters. The maximum Gasteiger partial charge on any atom is 0.231 e. The normalized spacial score (nSPS) is 14.9. The summed E-state index contributed by atoms with van der Waals surface area (Å²) in [4.78, 5) is 14.8.